The first kappa shape index (κ1) is 20.7. The quantitative estimate of drug-likeness (QED) is 0.568. The minimum absolute atomic E-state index is 0.0713. The van der Waals surface area contributed by atoms with Gasteiger partial charge in [0, 0.05) is 18.2 Å². The highest BCUT2D eigenvalue weighted by atomic mass is 32.2. The van der Waals surface area contributed by atoms with Crippen molar-refractivity contribution in [3.63, 3.8) is 0 Å². The molecule has 0 fully saturated rings. The van der Waals surface area contributed by atoms with Crippen molar-refractivity contribution in [2.75, 3.05) is 18.5 Å². The van der Waals surface area contributed by atoms with Gasteiger partial charge in [-0.2, -0.15) is 0 Å². The summed E-state index contributed by atoms with van der Waals surface area (Å²) in [5, 5.41) is 0. The summed E-state index contributed by atoms with van der Waals surface area (Å²) < 4.78 is 52.6. The summed E-state index contributed by atoms with van der Waals surface area (Å²) >= 11 is 0. The first-order valence-electron chi connectivity index (χ1n) is 8.91. The molecule has 0 aromatic heterocycles. The smallest absolute Gasteiger partial charge is 0.264 e. The molecule has 0 amide bonds. The molecule has 5 nitrogen and oxygen atoms in total. The fourth-order valence-corrected chi connectivity index (χ4v) is 4.41. The predicted octanol–water partition coefficient (Wildman–Crippen LogP) is 4.55. The Morgan fingerprint density at radius 2 is 1.55 bits per heavy atom. The third-order valence-corrected chi connectivity index (χ3v) is 6.35. The van der Waals surface area contributed by atoms with Crippen molar-refractivity contribution in [1.29, 1.82) is 0 Å². The lowest BCUT2D eigenvalue weighted by atomic mass is 10.1. The van der Waals surface area contributed by atoms with Crippen LogP contribution in [0.1, 0.15) is 11.1 Å². The molecule has 0 heterocycles. The first-order valence-corrected chi connectivity index (χ1v) is 10.3. The van der Waals surface area contributed by atoms with Crippen molar-refractivity contribution in [3.8, 4) is 11.5 Å². The Kier molecular flexibility index (Phi) is 6.08. The van der Waals surface area contributed by atoms with E-state index in [1.54, 1.807) is 18.2 Å². The molecule has 3 aromatic rings. The number of hydrogen-bond donors (Lipinski definition) is 0. The van der Waals surface area contributed by atoms with Gasteiger partial charge in [-0.25, -0.2) is 12.8 Å². The molecule has 7 heteroatoms. The van der Waals surface area contributed by atoms with E-state index in [4.69, 9.17) is 9.47 Å². The zero-order valence-corrected chi connectivity index (χ0v) is 17.2. The van der Waals surface area contributed by atoms with Crippen LogP contribution in [0, 0.1) is 12.7 Å². The number of ether oxygens (including phenoxy) is 2. The molecule has 0 saturated carbocycles. The second-order valence-corrected chi connectivity index (χ2v) is 8.33. The van der Waals surface area contributed by atoms with E-state index in [1.165, 1.54) is 36.7 Å². The van der Waals surface area contributed by atoms with Gasteiger partial charge in [-0.1, -0.05) is 30.3 Å². The first-order chi connectivity index (χ1) is 13.8. The molecule has 0 saturated heterocycles. The number of anilines is 1. The van der Waals surface area contributed by atoms with Crippen LogP contribution >= 0.6 is 0 Å². The normalized spacial score (nSPS) is 11.2. The van der Waals surface area contributed by atoms with E-state index in [1.807, 2.05) is 31.2 Å². The molecule has 29 heavy (non-hydrogen) atoms. The van der Waals surface area contributed by atoms with Gasteiger partial charge in [-0.05, 0) is 36.2 Å². The van der Waals surface area contributed by atoms with Gasteiger partial charge >= 0.3 is 0 Å². The highest BCUT2D eigenvalue weighted by Crippen LogP contribution is 2.33. The number of rotatable bonds is 7. The molecule has 0 radical (unpaired) electrons. The maximum atomic E-state index is 13.8. The van der Waals surface area contributed by atoms with E-state index in [2.05, 4.69) is 0 Å². The van der Waals surface area contributed by atoms with Gasteiger partial charge in [-0.3, -0.25) is 4.31 Å². The van der Waals surface area contributed by atoms with Crippen molar-refractivity contribution >= 4 is 15.7 Å². The van der Waals surface area contributed by atoms with Gasteiger partial charge in [0.1, 0.15) is 17.3 Å². The van der Waals surface area contributed by atoms with Gasteiger partial charge in [-0.15, -0.1) is 0 Å². The standard InChI is InChI=1S/C22H22FNO4S/c1-16-7-4-5-8-17(16)15-24(19-12-20(27-2)14-21(13-19)28-3)29(25,26)22-10-6-9-18(23)11-22/h4-14H,15H2,1-3H3. The third-order valence-electron chi connectivity index (χ3n) is 4.58. The number of halogens is 1. The van der Waals surface area contributed by atoms with E-state index >= 15 is 0 Å². The molecule has 0 bridgehead atoms. The van der Waals surface area contributed by atoms with Crippen LogP contribution in [0.4, 0.5) is 10.1 Å². The molecule has 3 rings (SSSR count). The van der Waals surface area contributed by atoms with Crippen molar-refractivity contribution < 1.29 is 22.3 Å². The minimum atomic E-state index is -4.06. The number of aryl methyl sites for hydroxylation is 1. The molecule has 152 valence electrons. The number of methoxy groups -OCH3 is 2. The molecule has 0 unspecified atom stereocenters. The van der Waals surface area contributed by atoms with Gasteiger partial charge in [0.25, 0.3) is 10.0 Å². The fourth-order valence-electron chi connectivity index (χ4n) is 2.95. The minimum Gasteiger partial charge on any atom is -0.497 e. The largest absolute Gasteiger partial charge is 0.497 e. The summed E-state index contributed by atoms with van der Waals surface area (Å²) in [4.78, 5) is -0.132. The van der Waals surface area contributed by atoms with E-state index < -0.39 is 15.8 Å². The predicted molar refractivity (Wildman–Crippen MR) is 110 cm³/mol. The zero-order chi connectivity index (χ0) is 21.0. The maximum Gasteiger partial charge on any atom is 0.264 e. The van der Waals surface area contributed by atoms with E-state index in [0.717, 1.165) is 17.2 Å². The van der Waals surface area contributed by atoms with Crippen LogP contribution in [0.5, 0.6) is 11.5 Å². The second-order valence-electron chi connectivity index (χ2n) is 6.47. The Balaban J connectivity index is 2.18. The average Bonchev–Trinajstić information content (AvgIpc) is 2.72. The zero-order valence-electron chi connectivity index (χ0n) is 16.4. The molecule has 0 N–H and O–H groups in total. The number of sulfonamides is 1. The summed E-state index contributed by atoms with van der Waals surface area (Å²) in [6, 6.07) is 17.4. The molecule has 0 aliphatic carbocycles. The van der Waals surface area contributed by atoms with E-state index in [9.17, 15) is 12.8 Å². The lowest BCUT2D eigenvalue weighted by Crippen LogP contribution is -2.31. The number of nitrogens with zero attached hydrogens (tertiary/aromatic N) is 1. The highest BCUT2D eigenvalue weighted by Gasteiger charge is 2.27. The number of hydrogen-bond acceptors (Lipinski definition) is 4. The molecule has 3 aromatic carbocycles. The number of benzene rings is 3. The summed E-state index contributed by atoms with van der Waals surface area (Å²) in [7, 11) is -1.08. The van der Waals surface area contributed by atoms with Gasteiger partial charge in [0.2, 0.25) is 0 Å². The van der Waals surface area contributed by atoms with E-state index in [-0.39, 0.29) is 11.4 Å². The van der Waals surface area contributed by atoms with Crippen LogP contribution in [-0.2, 0) is 16.6 Å². The molecule has 0 spiro atoms. The maximum absolute atomic E-state index is 13.8. The Morgan fingerprint density at radius 1 is 0.897 bits per heavy atom. The Bertz CT molecular complexity index is 1090. The van der Waals surface area contributed by atoms with Crippen LogP contribution in [0.3, 0.4) is 0 Å². The monoisotopic (exact) mass is 415 g/mol. The highest BCUT2D eigenvalue weighted by molar-refractivity contribution is 7.92. The lowest BCUT2D eigenvalue weighted by molar-refractivity contribution is 0.394. The Labute approximate surface area is 170 Å². The molecular formula is C22H22FNO4S. The van der Waals surface area contributed by atoms with Crippen LogP contribution < -0.4 is 13.8 Å². The summed E-state index contributed by atoms with van der Waals surface area (Å²) in [5.41, 5.74) is 2.13. The van der Waals surface area contributed by atoms with Crippen molar-refractivity contribution in [3.05, 3.63) is 83.7 Å². The summed E-state index contributed by atoms with van der Waals surface area (Å²) in [5.74, 6) is 0.275. The van der Waals surface area contributed by atoms with Crippen LogP contribution in [0.25, 0.3) is 0 Å². The van der Waals surface area contributed by atoms with Crippen molar-refractivity contribution in [2.24, 2.45) is 0 Å². The topological polar surface area (TPSA) is 55.8 Å². The third kappa shape index (κ3) is 4.51. The van der Waals surface area contributed by atoms with Gasteiger partial charge in [0.05, 0.1) is 31.3 Å². The van der Waals surface area contributed by atoms with Crippen molar-refractivity contribution in [1.82, 2.24) is 0 Å². The van der Waals surface area contributed by atoms with Crippen LogP contribution in [0.15, 0.2) is 71.6 Å². The molecule has 0 aliphatic rings. The summed E-state index contributed by atoms with van der Waals surface area (Å²) in [6.45, 7) is 1.98. The SMILES string of the molecule is COc1cc(OC)cc(N(Cc2ccccc2C)S(=O)(=O)c2cccc(F)c2)c1. The van der Waals surface area contributed by atoms with Crippen LogP contribution in [-0.4, -0.2) is 22.6 Å². The molecule has 0 atom stereocenters. The average molecular weight is 415 g/mol. The van der Waals surface area contributed by atoms with Gasteiger partial charge < -0.3 is 9.47 Å². The molecule has 0 aliphatic heterocycles. The fraction of sp³-hybridized carbons (Fsp3) is 0.182. The van der Waals surface area contributed by atoms with E-state index in [0.29, 0.717) is 17.2 Å². The van der Waals surface area contributed by atoms with Gasteiger partial charge in [0.15, 0.2) is 0 Å². The lowest BCUT2D eigenvalue weighted by Gasteiger charge is -2.26. The Morgan fingerprint density at radius 3 is 2.14 bits per heavy atom. The van der Waals surface area contributed by atoms with Crippen molar-refractivity contribution in [2.45, 2.75) is 18.4 Å². The summed E-state index contributed by atoms with van der Waals surface area (Å²) in [6.07, 6.45) is 0. The Hall–Kier alpha value is -3.06. The second kappa shape index (κ2) is 8.53. The van der Waals surface area contributed by atoms with Crippen LogP contribution in [0.2, 0.25) is 0 Å². The molecular weight excluding hydrogens is 393 g/mol.